The summed E-state index contributed by atoms with van der Waals surface area (Å²) in [5.41, 5.74) is 2.85. The summed E-state index contributed by atoms with van der Waals surface area (Å²) in [6, 6.07) is 13.3. The van der Waals surface area contributed by atoms with E-state index in [0.29, 0.717) is 5.69 Å². The number of fused-ring (bicyclic) bond motifs is 1. The second-order valence-corrected chi connectivity index (χ2v) is 5.25. The Morgan fingerprint density at radius 3 is 2.58 bits per heavy atom. The number of aromatic nitrogens is 2. The predicted octanol–water partition coefficient (Wildman–Crippen LogP) is 4.09. The van der Waals surface area contributed by atoms with Crippen LogP contribution >= 0.6 is 0 Å². The van der Waals surface area contributed by atoms with E-state index < -0.39 is 12.1 Å². The van der Waals surface area contributed by atoms with Crippen molar-refractivity contribution in [2.24, 2.45) is 0 Å². The molecule has 4 nitrogen and oxygen atoms in total. The summed E-state index contributed by atoms with van der Waals surface area (Å²) in [7, 11) is 0. The number of para-hydroxylation sites is 2. The molecule has 0 saturated carbocycles. The van der Waals surface area contributed by atoms with Crippen LogP contribution in [0, 0.1) is 5.82 Å². The fraction of sp³-hybridized carbons (Fsp3) is 0.105. The third kappa shape index (κ3) is 3.81. The maximum Gasteiger partial charge on any atom is 0.331 e. The van der Waals surface area contributed by atoms with E-state index in [1.54, 1.807) is 31.3 Å². The van der Waals surface area contributed by atoms with Crippen LogP contribution in [0.5, 0.6) is 0 Å². The molecule has 1 atom stereocenters. The van der Waals surface area contributed by atoms with Crippen molar-refractivity contribution in [3.63, 3.8) is 0 Å². The molecule has 0 aliphatic carbocycles. The SMILES string of the molecule is CC(OC(=O)/C=C/c1cnc2ccccc2n1)c1ccc(F)cc1. The molecular formula is C19H15FN2O2. The van der Waals surface area contributed by atoms with E-state index in [-0.39, 0.29) is 5.82 Å². The molecule has 0 aliphatic rings. The number of hydrogen-bond donors (Lipinski definition) is 0. The minimum Gasteiger partial charge on any atom is -0.455 e. The van der Waals surface area contributed by atoms with Crippen LogP contribution in [0.15, 0.2) is 60.8 Å². The Morgan fingerprint density at radius 1 is 1.12 bits per heavy atom. The molecular weight excluding hydrogens is 307 g/mol. The number of esters is 1. The Labute approximate surface area is 138 Å². The second kappa shape index (κ2) is 7.00. The molecule has 0 saturated heterocycles. The molecule has 1 aromatic heterocycles. The van der Waals surface area contributed by atoms with E-state index >= 15 is 0 Å². The molecule has 120 valence electrons. The van der Waals surface area contributed by atoms with Crippen molar-refractivity contribution in [2.45, 2.75) is 13.0 Å². The smallest absolute Gasteiger partial charge is 0.331 e. The Hall–Kier alpha value is -3.08. The first-order chi connectivity index (χ1) is 11.6. The van der Waals surface area contributed by atoms with Crippen molar-refractivity contribution in [2.75, 3.05) is 0 Å². The van der Waals surface area contributed by atoms with Gasteiger partial charge in [-0.25, -0.2) is 14.2 Å². The van der Waals surface area contributed by atoms with E-state index in [1.807, 2.05) is 24.3 Å². The van der Waals surface area contributed by atoms with E-state index in [4.69, 9.17) is 4.74 Å². The number of halogens is 1. The average molecular weight is 322 g/mol. The molecule has 3 aromatic rings. The van der Waals surface area contributed by atoms with Gasteiger partial charge < -0.3 is 4.74 Å². The summed E-state index contributed by atoms with van der Waals surface area (Å²) >= 11 is 0. The lowest BCUT2D eigenvalue weighted by Crippen LogP contribution is -2.06. The Balaban J connectivity index is 1.66. The highest BCUT2D eigenvalue weighted by atomic mass is 19.1. The van der Waals surface area contributed by atoms with Crippen LogP contribution in [-0.2, 0) is 9.53 Å². The summed E-state index contributed by atoms with van der Waals surface area (Å²) in [4.78, 5) is 20.6. The monoisotopic (exact) mass is 322 g/mol. The predicted molar refractivity (Wildman–Crippen MR) is 89.5 cm³/mol. The number of hydrogen-bond acceptors (Lipinski definition) is 4. The van der Waals surface area contributed by atoms with Crippen LogP contribution in [0.3, 0.4) is 0 Å². The fourth-order valence-electron chi connectivity index (χ4n) is 2.22. The topological polar surface area (TPSA) is 52.1 Å². The highest BCUT2D eigenvalue weighted by Gasteiger charge is 2.09. The summed E-state index contributed by atoms with van der Waals surface area (Å²) in [5.74, 6) is -0.825. The lowest BCUT2D eigenvalue weighted by atomic mass is 10.1. The maximum absolute atomic E-state index is 12.9. The first-order valence-corrected chi connectivity index (χ1v) is 7.48. The fourth-order valence-corrected chi connectivity index (χ4v) is 2.22. The van der Waals surface area contributed by atoms with Crippen LogP contribution in [0.2, 0.25) is 0 Å². The van der Waals surface area contributed by atoms with E-state index in [9.17, 15) is 9.18 Å². The largest absolute Gasteiger partial charge is 0.455 e. The van der Waals surface area contributed by atoms with Gasteiger partial charge in [0.1, 0.15) is 11.9 Å². The second-order valence-electron chi connectivity index (χ2n) is 5.25. The van der Waals surface area contributed by atoms with Crippen molar-refractivity contribution < 1.29 is 13.9 Å². The number of nitrogens with zero attached hydrogens (tertiary/aromatic N) is 2. The molecule has 24 heavy (non-hydrogen) atoms. The maximum atomic E-state index is 12.9. The first-order valence-electron chi connectivity index (χ1n) is 7.48. The first kappa shape index (κ1) is 15.8. The van der Waals surface area contributed by atoms with Crippen molar-refractivity contribution in [3.8, 4) is 0 Å². The number of rotatable bonds is 4. The van der Waals surface area contributed by atoms with Gasteiger partial charge in [0.05, 0.1) is 22.9 Å². The molecule has 0 N–H and O–H groups in total. The Bertz CT molecular complexity index is 891. The van der Waals surface area contributed by atoms with Gasteiger partial charge in [0, 0.05) is 6.08 Å². The third-order valence-corrected chi connectivity index (χ3v) is 3.49. The van der Waals surface area contributed by atoms with Gasteiger partial charge in [-0.2, -0.15) is 0 Å². The van der Waals surface area contributed by atoms with Crippen LogP contribution in [0.4, 0.5) is 4.39 Å². The van der Waals surface area contributed by atoms with Gasteiger partial charge in [0.25, 0.3) is 0 Å². The van der Waals surface area contributed by atoms with Gasteiger partial charge in [-0.3, -0.25) is 4.98 Å². The molecule has 0 aliphatic heterocycles. The Kier molecular flexibility index (Phi) is 4.61. The summed E-state index contributed by atoms with van der Waals surface area (Å²) < 4.78 is 18.2. The molecule has 1 heterocycles. The Morgan fingerprint density at radius 2 is 1.83 bits per heavy atom. The zero-order chi connectivity index (χ0) is 16.9. The van der Waals surface area contributed by atoms with Crippen LogP contribution < -0.4 is 0 Å². The van der Waals surface area contributed by atoms with Gasteiger partial charge in [0.2, 0.25) is 0 Å². The summed E-state index contributed by atoms with van der Waals surface area (Å²) in [6.45, 7) is 1.73. The minimum absolute atomic E-state index is 0.327. The third-order valence-electron chi connectivity index (χ3n) is 3.49. The molecule has 0 spiro atoms. The summed E-state index contributed by atoms with van der Waals surface area (Å²) in [5, 5.41) is 0. The van der Waals surface area contributed by atoms with Crippen molar-refractivity contribution in [3.05, 3.63) is 77.9 Å². The van der Waals surface area contributed by atoms with Gasteiger partial charge in [-0.05, 0) is 42.8 Å². The minimum atomic E-state index is -0.498. The van der Waals surface area contributed by atoms with Crippen molar-refractivity contribution >= 4 is 23.1 Å². The molecule has 5 heteroatoms. The van der Waals surface area contributed by atoms with E-state index in [0.717, 1.165) is 16.6 Å². The highest BCUT2D eigenvalue weighted by Crippen LogP contribution is 2.17. The van der Waals surface area contributed by atoms with Crippen molar-refractivity contribution in [1.82, 2.24) is 9.97 Å². The lowest BCUT2D eigenvalue weighted by molar-refractivity contribution is -0.142. The van der Waals surface area contributed by atoms with Gasteiger partial charge in [-0.15, -0.1) is 0 Å². The number of carbonyl (C=O) groups excluding carboxylic acids is 1. The molecule has 1 unspecified atom stereocenters. The molecule has 2 aromatic carbocycles. The van der Waals surface area contributed by atoms with Gasteiger partial charge in [-0.1, -0.05) is 24.3 Å². The highest BCUT2D eigenvalue weighted by molar-refractivity contribution is 5.87. The van der Waals surface area contributed by atoms with Gasteiger partial charge in [0.15, 0.2) is 0 Å². The van der Waals surface area contributed by atoms with E-state index in [1.165, 1.54) is 18.2 Å². The standard InChI is InChI=1S/C19H15FN2O2/c1-13(14-6-8-15(20)9-7-14)24-19(23)11-10-16-12-21-17-4-2-3-5-18(17)22-16/h2-13H,1H3/b11-10+. The number of benzene rings is 2. The lowest BCUT2D eigenvalue weighted by Gasteiger charge is -2.11. The zero-order valence-corrected chi connectivity index (χ0v) is 13.0. The molecule has 3 rings (SSSR count). The van der Waals surface area contributed by atoms with Crippen LogP contribution in [-0.4, -0.2) is 15.9 Å². The molecule has 0 fully saturated rings. The number of ether oxygens (including phenoxy) is 1. The molecule has 0 amide bonds. The van der Waals surface area contributed by atoms with Crippen molar-refractivity contribution in [1.29, 1.82) is 0 Å². The quantitative estimate of drug-likeness (QED) is 0.536. The normalized spacial score (nSPS) is 12.4. The van der Waals surface area contributed by atoms with Crippen LogP contribution in [0.1, 0.15) is 24.3 Å². The average Bonchev–Trinajstić information content (AvgIpc) is 2.60. The summed E-state index contributed by atoms with van der Waals surface area (Å²) in [6.07, 6.45) is 3.98. The zero-order valence-electron chi connectivity index (χ0n) is 13.0. The number of carbonyl (C=O) groups is 1. The van der Waals surface area contributed by atoms with Crippen LogP contribution in [0.25, 0.3) is 17.1 Å². The molecule has 0 bridgehead atoms. The van der Waals surface area contributed by atoms with E-state index in [2.05, 4.69) is 9.97 Å². The van der Waals surface area contributed by atoms with Gasteiger partial charge >= 0.3 is 5.97 Å². The molecule has 0 radical (unpaired) electrons.